The lowest BCUT2D eigenvalue weighted by Crippen LogP contribution is -2.40. The molecule has 0 spiro atoms. The summed E-state index contributed by atoms with van der Waals surface area (Å²) in [6, 6.07) is 14.5. The zero-order chi connectivity index (χ0) is 16.2. The highest BCUT2D eigenvalue weighted by Crippen LogP contribution is 2.27. The molecule has 3 aromatic rings. The molecule has 0 aliphatic carbocycles. The second-order valence-electron chi connectivity index (χ2n) is 6.24. The molecule has 0 radical (unpaired) electrons. The molecule has 4 heteroatoms. The molecular formula is C20H21N3O. The molecule has 1 aromatic carbocycles. The summed E-state index contributed by atoms with van der Waals surface area (Å²) in [5.74, 6) is 1.07. The molecule has 0 N–H and O–H groups in total. The average Bonchev–Trinajstić information content (AvgIpc) is 2.67. The van der Waals surface area contributed by atoms with Crippen molar-refractivity contribution in [3.63, 3.8) is 0 Å². The zero-order valence-corrected chi connectivity index (χ0v) is 13.6. The van der Waals surface area contributed by atoms with Gasteiger partial charge in [0, 0.05) is 37.1 Å². The average molecular weight is 319 g/mol. The van der Waals surface area contributed by atoms with Crippen molar-refractivity contribution in [3.8, 4) is 0 Å². The van der Waals surface area contributed by atoms with E-state index in [0.717, 1.165) is 37.3 Å². The first-order valence-electron chi connectivity index (χ1n) is 8.49. The lowest BCUT2D eigenvalue weighted by molar-refractivity contribution is 0.0313. The molecule has 0 bridgehead atoms. The molecule has 4 rings (SSSR count). The van der Waals surface area contributed by atoms with Crippen LogP contribution in [0.25, 0.3) is 10.8 Å². The number of ether oxygens (including phenoxy) is 1. The van der Waals surface area contributed by atoms with Crippen LogP contribution in [0.5, 0.6) is 0 Å². The quantitative estimate of drug-likeness (QED) is 0.733. The number of rotatable bonds is 4. The molecule has 1 fully saturated rings. The monoisotopic (exact) mass is 319 g/mol. The van der Waals surface area contributed by atoms with E-state index in [2.05, 4.69) is 51.3 Å². The highest BCUT2D eigenvalue weighted by molar-refractivity contribution is 5.92. The highest BCUT2D eigenvalue weighted by atomic mass is 16.5. The van der Waals surface area contributed by atoms with Gasteiger partial charge in [0.1, 0.15) is 5.82 Å². The summed E-state index contributed by atoms with van der Waals surface area (Å²) in [7, 11) is 0. The summed E-state index contributed by atoms with van der Waals surface area (Å²) in [4.78, 5) is 11.1. The molecule has 24 heavy (non-hydrogen) atoms. The molecule has 3 heterocycles. The fraction of sp³-hybridized carbons (Fsp3) is 0.300. The smallest absolute Gasteiger partial charge is 0.136 e. The summed E-state index contributed by atoms with van der Waals surface area (Å²) in [5, 5.41) is 2.45. The Bertz CT molecular complexity index is 801. The number of anilines is 1. The minimum absolute atomic E-state index is 0.236. The van der Waals surface area contributed by atoms with Crippen LogP contribution in [0.4, 0.5) is 5.82 Å². The van der Waals surface area contributed by atoms with E-state index < -0.39 is 0 Å². The number of hydrogen-bond acceptors (Lipinski definition) is 4. The van der Waals surface area contributed by atoms with Gasteiger partial charge in [-0.25, -0.2) is 4.98 Å². The van der Waals surface area contributed by atoms with E-state index >= 15 is 0 Å². The fourth-order valence-electron chi connectivity index (χ4n) is 3.32. The summed E-state index contributed by atoms with van der Waals surface area (Å²) in [6.45, 7) is 2.55. The van der Waals surface area contributed by atoms with Crippen molar-refractivity contribution < 1.29 is 4.74 Å². The zero-order valence-electron chi connectivity index (χ0n) is 13.6. The van der Waals surface area contributed by atoms with E-state index in [1.807, 2.05) is 18.5 Å². The Morgan fingerprint density at radius 1 is 1.08 bits per heavy atom. The van der Waals surface area contributed by atoms with Crippen LogP contribution in [-0.2, 0) is 11.3 Å². The molecule has 0 saturated carbocycles. The maximum atomic E-state index is 6.12. The standard InChI is InChI=1S/C20H21N3O/c1-2-8-19-17(6-1)9-11-22-20(19)23-12-4-7-18(14-23)24-15-16-5-3-10-21-13-16/h1-3,5-6,8-11,13,18H,4,7,12,14-15H2/t18-/m1/s1. The van der Waals surface area contributed by atoms with Gasteiger partial charge in [-0.1, -0.05) is 30.3 Å². The van der Waals surface area contributed by atoms with Gasteiger partial charge in [-0.15, -0.1) is 0 Å². The predicted molar refractivity (Wildman–Crippen MR) is 96.0 cm³/mol. The lowest BCUT2D eigenvalue weighted by Gasteiger charge is -2.34. The van der Waals surface area contributed by atoms with Crippen LogP contribution in [-0.4, -0.2) is 29.2 Å². The van der Waals surface area contributed by atoms with E-state index in [-0.39, 0.29) is 6.10 Å². The van der Waals surface area contributed by atoms with Crippen LogP contribution in [0.3, 0.4) is 0 Å². The van der Waals surface area contributed by atoms with Crippen molar-refractivity contribution in [2.45, 2.75) is 25.6 Å². The molecule has 1 aliphatic rings. The SMILES string of the molecule is c1cncc(CO[C@@H]2CCCN(c3nccc4ccccc34)C2)c1. The number of nitrogens with zero attached hydrogens (tertiary/aromatic N) is 3. The number of fused-ring (bicyclic) bond motifs is 1. The molecule has 1 saturated heterocycles. The highest BCUT2D eigenvalue weighted by Gasteiger charge is 2.22. The van der Waals surface area contributed by atoms with Crippen LogP contribution in [0, 0.1) is 0 Å². The van der Waals surface area contributed by atoms with Gasteiger partial charge in [0.05, 0.1) is 12.7 Å². The largest absolute Gasteiger partial charge is 0.372 e. The third-order valence-electron chi connectivity index (χ3n) is 4.54. The van der Waals surface area contributed by atoms with Gasteiger partial charge < -0.3 is 9.64 Å². The van der Waals surface area contributed by atoms with Crippen LogP contribution >= 0.6 is 0 Å². The van der Waals surface area contributed by atoms with Crippen molar-refractivity contribution in [2.75, 3.05) is 18.0 Å². The molecule has 1 atom stereocenters. The van der Waals surface area contributed by atoms with Gasteiger partial charge in [-0.3, -0.25) is 4.98 Å². The minimum atomic E-state index is 0.236. The molecular weight excluding hydrogens is 298 g/mol. The second-order valence-corrected chi connectivity index (χ2v) is 6.24. The van der Waals surface area contributed by atoms with Crippen LogP contribution < -0.4 is 4.90 Å². The van der Waals surface area contributed by atoms with E-state index in [9.17, 15) is 0 Å². The third-order valence-corrected chi connectivity index (χ3v) is 4.54. The predicted octanol–water partition coefficient (Wildman–Crippen LogP) is 3.82. The van der Waals surface area contributed by atoms with Crippen LogP contribution in [0.1, 0.15) is 18.4 Å². The maximum Gasteiger partial charge on any atom is 0.136 e. The van der Waals surface area contributed by atoms with Gasteiger partial charge in [0.15, 0.2) is 0 Å². The van der Waals surface area contributed by atoms with Gasteiger partial charge in [0.25, 0.3) is 0 Å². The summed E-state index contributed by atoms with van der Waals surface area (Å²) in [6.07, 6.45) is 8.02. The van der Waals surface area contributed by atoms with Crippen molar-refractivity contribution in [1.82, 2.24) is 9.97 Å². The van der Waals surface area contributed by atoms with Crippen molar-refractivity contribution in [2.24, 2.45) is 0 Å². The molecule has 1 aliphatic heterocycles. The van der Waals surface area contributed by atoms with Crippen LogP contribution in [0.2, 0.25) is 0 Å². The first-order valence-corrected chi connectivity index (χ1v) is 8.49. The number of hydrogen-bond donors (Lipinski definition) is 0. The van der Waals surface area contributed by atoms with Gasteiger partial charge in [0.2, 0.25) is 0 Å². The number of benzene rings is 1. The lowest BCUT2D eigenvalue weighted by atomic mass is 10.1. The summed E-state index contributed by atoms with van der Waals surface area (Å²) < 4.78 is 6.12. The van der Waals surface area contributed by atoms with Crippen molar-refractivity contribution in [1.29, 1.82) is 0 Å². The van der Waals surface area contributed by atoms with E-state index in [0.29, 0.717) is 6.61 Å². The Kier molecular flexibility index (Phi) is 4.38. The molecule has 2 aromatic heterocycles. The molecule has 0 unspecified atom stereocenters. The van der Waals surface area contributed by atoms with E-state index in [1.54, 1.807) is 6.20 Å². The molecule has 4 nitrogen and oxygen atoms in total. The maximum absolute atomic E-state index is 6.12. The topological polar surface area (TPSA) is 38.2 Å². The summed E-state index contributed by atoms with van der Waals surface area (Å²) in [5.41, 5.74) is 1.12. The normalized spacial score (nSPS) is 18.0. The Labute approximate surface area is 142 Å². The van der Waals surface area contributed by atoms with E-state index in [4.69, 9.17) is 4.74 Å². The Hall–Kier alpha value is -2.46. The van der Waals surface area contributed by atoms with Crippen molar-refractivity contribution in [3.05, 3.63) is 66.6 Å². The van der Waals surface area contributed by atoms with Gasteiger partial charge in [-0.05, 0) is 35.9 Å². The number of pyridine rings is 2. The molecule has 122 valence electrons. The molecule has 0 amide bonds. The summed E-state index contributed by atoms with van der Waals surface area (Å²) >= 11 is 0. The Balaban J connectivity index is 1.48. The Morgan fingerprint density at radius 3 is 2.96 bits per heavy atom. The first-order chi connectivity index (χ1) is 11.9. The fourth-order valence-corrected chi connectivity index (χ4v) is 3.32. The van der Waals surface area contributed by atoms with Gasteiger partial charge >= 0.3 is 0 Å². The number of aromatic nitrogens is 2. The Morgan fingerprint density at radius 2 is 2.04 bits per heavy atom. The number of piperidine rings is 1. The second kappa shape index (κ2) is 6.97. The van der Waals surface area contributed by atoms with Gasteiger partial charge in [-0.2, -0.15) is 0 Å². The minimum Gasteiger partial charge on any atom is -0.372 e. The van der Waals surface area contributed by atoms with E-state index in [1.165, 1.54) is 10.8 Å². The van der Waals surface area contributed by atoms with Crippen molar-refractivity contribution >= 4 is 16.6 Å². The van der Waals surface area contributed by atoms with Crippen LogP contribution in [0.15, 0.2) is 61.1 Å². The third kappa shape index (κ3) is 3.24. The first kappa shape index (κ1) is 15.1.